The van der Waals surface area contributed by atoms with E-state index >= 15 is 0 Å². The van der Waals surface area contributed by atoms with E-state index in [1.54, 1.807) is 0 Å². The molecule has 0 aromatic carbocycles. The molecule has 0 heterocycles. The lowest BCUT2D eigenvalue weighted by Gasteiger charge is -1.96. The first-order chi connectivity index (χ1) is 11.5. The van der Waals surface area contributed by atoms with Crippen LogP contribution in [0.3, 0.4) is 0 Å². The zero-order chi connectivity index (χ0) is 18.5. The van der Waals surface area contributed by atoms with Gasteiger partial charge in [0.25, 0.3) is 0 Å². The van der Waals surface area contributed by atoms with E-state index in [2.05, 4.69) is 38.2 Å². The van der Waals surface area contributed by atoms with Crippen molar-refractivity contribution in [3.8, 4) is 0 Å². The van der Waals surface area contributed by atoms with E-state index in [1.807, 2.05) is 0 Å². The molecule has 4 nitrogen and oxygen atoms in total. The summed E-state index contributed by atoms with van der Waals surface area (Å²) in [4.78, 5) is 20.4. The fourth-order valence-corrected chi connectivity index (χ4v) is 1.76. The highest BCUT2D eigenvalue weighted by Crippen LogP contribution is 2.00. The van der Waals surface area contributed by atoms with Crippen LogP contribution in [0, 0.1) is 0 Å². The molecule has 0 aromatic heterocycles. The molecule has 0 fully saturated rings. The Hall–Kier alpha value is -1.58. The smallest absolute Gasteiger partial charge is 0.303 e. The number of hydrogen-bond donors (Lipinski definition) is 1. The van der Waals surface area contributed by atoms with Gasteiger partial charge < -0.3 is 9.84 Å². The molecule has 0 aliphatic heterocycles. The second kappa shape index (κ2) is 21.4. The molecule has 0 aliphatic rings. The second-order valence-corrected chi connectivity index (χ2v) is 5.64. The lowest BCUT2D eigenvalue weighted by molar-refractivity contribution is -0.141. The molecule has 0 rings (SSSR count). The van der Waals surface area contributed by atoms with Gasteiger partial charge in [0, 0.05) is 13.3 Å². The maximum Gasteiger partial charge on any atom is 0.303 e. The van der Waals surface area contributed by atoms with Crippen molar-refractivity contribution in [2.45, 2.75) is 85.0 Å². The van der Waals surface area contributed by atoms with Gasteiger partial charge in [-0.2, -0.15) is 0 Å². The van der Waals surface area contributed by atoms with Gasteiger partial charge in [0.05, 0.1) is 6.61 Å². The molecular formula is C20H36O4. The minimum Gasteiger partial charge on any atom is -0.481 e. The third kappa shape index (κ3) is 28.6. The first-order valence-corrected chi connectivity index (χ1v) is 9.19. The van der Waals surface area contributed by atoms with Gasteiger partial charge in [0.15, 0.2) is 0 Å². The Labute approximate surface area is 148 Å². The van der Waals surface area contributed by atoms with E-state index in [-0.39, 0.29) is 12.4 Å². The van der Waals surface area contributed by atoms with Crippen LogP contribution in [0.2, 0.25) is 0 Å². The Morgan fingerprint density at radius 3 is 1.71 bits per heavy atom. The van der Waals surface area contributed by atoms with Crippen LogP contribution >= 0.6 is 0 Å². The summed E-state index contributed by atoms with van der Waals surface area (Å²) in [6.07, 6.45) is 18.4. The average molecular weight is 341 g/mol. The van der Waals surface area contributed by atoms with Crippen LogP contribution < -0.4 is 0 Å². The topological polar surface area (TPSA) is 63.6 Å². The first-order valence-electron chi connectivity index (χ1n) is 9.19. The van der Waals surface area contributed by atoms with E-state index in [0.29, 0.717) is 6.61 Å². The Kier molecular flexibility index (Phi) is 22.0. The van der Waals surface area contributed by atoms with Crippen molar-refractivity contribution in [1.29, 1.82) is 0 Å². The van der Waals surface area contributed by atoms with E-state index < -0.39 is 5.97 Å². The van der Waals surface area contributed by atoms with E-state index in [0.717, 1.165) is 32.1 Å². The van der Waals surface area contributed by atoms with Crippen molar-refractivity contribution in [2.24, 2.45) is 0 Å². The number of unbranched alkanes of at least 4 members (excludes halogenated alkanes) is 5. The highest BCUT2D eigenvalue weighted by atomic mass is 16.5. The standard InChI is InChI=1S/2C10H18O2/c1-3-4-5-6-7-8-9-12-10(2)11;1-2-3-4-5-6-7-8-9-10(11)12/h6-7H,3-5,8-9H2,1-2H3;5-6H,2-4,7-9H2,1H3,(H,11,12). The van der Waals surface area contributed by atoms with Gasteiger partial charge in [-0.3, -0.25) is 9.59 Å². The van der Waals surface area contributed by atoms with E-state index in [9.17, 15) is 9.59 Å². The van der Waals surface area contributed by atoms with Crippen LogP contribution in [0.25, 0.3) is 0 Å². The molecule has 0 amide bonds. The largest absolute Gasteiger partial charge is 0.481 e. The number of carboxylic acids is 1. The molecule has 1 N–H and O–H groups in total. The molecule has 0 unspecified atom stereocenters. The number of carboxylic acid groups (broad SMARTS) is 1. The van der Waals surface area contributed by atoms with Crippen molar-refractivity contribution >= 4 is 11.9 Å². The van der Waals surface area contributed by atoms with Crippen molar-refractivity contribution in [3.63, 3.8) is 0 Å². The van der Waals surface area contributed by atoms with Crippen LogP contribution in [-0.4, -0.2) is 23.7 Å². The fourth-order valence-electron chi connectivity index (χ4n) is 1.76. The summed E-state index contributed by atoms with van der Waals surface area (Å²) in [6, 6.07) is 0. The number of hydrogen-bond acceptors (Lipinski definition) is 3. The molecular weight excluding hydrogens is 304 g/mol. The van der Waals surface area contributed by atoms with Gasteiger partial charge in [-0.25, -0.2) is 0 Å². The Balaban J connectivity index is 0. The molecule has 0 atom stereocenters. The minimum atomic E-state index is -0.697. The van der Waals surface area contributed by atoms with Gasteiger partial charge >= 0.3 is 11.9 Å². The number of aliphatic carboxylic acids is 1. The zero-order valence-electron chi connectivity index (χ0n) is 15.8. The highest BCUT2D eigenvalue weighted by molar-refractivity contribution is 5.66. The van der Waals surface area contributed by atoms with Crippen molar-refractivity contribution in [3.05, 3.63) is 24.3 Å². The Morgan fingerprint density at radius 1 is 0.833 bits per heavy atom. The summed E-state index contributed by atoms with van der Waals surface area (Å²) in [5.74, 6) is -0.895. The average Bonchev–Trinajstić information content (AvgIpc) is 2.53. The normalized spacial score (nSPS) is 10.6. The number of allylic oxidation sites excluding steroid dienone is 3. The molecule has 0 aromatic rings. The summed E-state index contributed by atoms with van der Waals surface area (Å²) >= 11 is 0. The molecule has 140 valence electrons. The molecule has 0 saturated heterocycles. The lowest BCUT2D eigenvalue weighted by Crippen LogP contribution is -1.98. The molecule has 0 spiro atoms. The van der Waals surface area contributed by atoms with Gasteiger partial charge in [-0.15, -0.1) is 0 Å². The minimum absolute atomic E-state index is 0.197. The molecule has 0 saturated carbocycles. The second-order valence-electron chi connectivity index (χ2n) is 5.64. The number of carbonyl (C=O) groups is 2. The third-order valence-electron chi connectivity index (χ3n) is 3.13. The quantitative estimate of drug-likeness (QED) is 0.266. The molecule has 0 bridgehead atoms. The van der Waals surface area contributed by atoms with E-state index in [4.69, 9.17) is 9.84 Å². The van der Waals surface area contributed by atoms with E-state index in [1.165, 1.54) is 32.6 Å². The third-order valence-corrected chi connectivity index (χ3v) is 3.13. The lowest BCUT2D eigenvalue weighted by atomic mass is 10.2. The Bertz CT molecular complexity index is 312. The van der Waals surface area contributed by atoms with Crippen LogP contribution in [0.15, 0.2) is 24.3 Å². The van der Waals surface area contributed by atoms with Crippen molar-refractivity contribution in [2.75, 3.05) is 6.61 Å². The fraction of sp³-hybridized carbons (Fsp3) is 0.700. The highest BCUT2D eigenvalue weighted by Gasteiger charge is 1.92. The van der Waals surface area contributed by atoms with Crippen LogP contribution in [0.4, 0.5) is 0 Å². The summed E-state index contributed by atoms with van der Waals surface area (Å²) in [7, 11) is 0. The van der Waals surface area contributed by atoms with Crippen molar-refractivity contribution < 1.29 is 19.4 Å². The van der Waals surface area contributed by atoms with Gasteiger partial charge in [-0.1, -0.05) is 63.8 Å². The Morgan fingerprint density at radius 2 is 1.29 bits per heavy atom. The van der Waals surface area contributed by atoms with Crippen LogP contribution in [0.1, 0.15) is 85.0 Å². The molecule has 4 heteroatoms. The summed E-state index contributed by atoms with van der Waals surface area (Å²) in [5, 5.41) is 8.33. The molecule has 0 aliphatic carbocycles. The molecule has 24 heavy (non-hydrogen) atoms. The predicted molar refractivity (Wildman–Crippen MR) is 100 cm³/mol. The maximum atomic E-state index is 10.3. The maximum absolute atomic E-state index is 10.3. The summed E-state index contributed by atoms with van der Waals surface area (Å²) in [5.41, 5.74) is 0. The first kappa shape index (κ1) is 24.7. The van der Waals surface area contributed by atoms with Gasteiger partial charge in [-0.05, 0) is 32.1 Å². The SMILES string of the molecule is CCCCC=CCCCC(=O)O.CCCCC=CCCOC(C)=O. The number of rotatable bonds is 13. The number of ether oxygens (including phenoxy) is 1. The number of carbonyl (C=O) groups excluding carboxylic acids is 1. The zero-order valence-corrected chi connectivity index (χ0v) is 15.8. The van der Waals surface area contributed by atoms with Crippen LogP contribution in [-0.2, 0) is 14.3 Å². The molecule has 0 radical (unpaired) electrons. The monoisotopic (exact) mass is 340 g/mol. The van der Waals surface area contributed by atoms with Crippen LogP contribution in [0.5, 0.6) is 0 Å². The summed E-state index contributed by atoms with van der Waals surface area (Å²) < 4.78 is 4.76. The van der Waals surface area contributed by atoms with Gasteiger partial charge in [0.1, 0.15) is 0 Å². The predicted octanol–water partition coefficient (Wildman–Crippen LogP) is 5.67. The number of esters is 1. The summed E-state index contributed by atoms with van der Waals surface area (Å²) in [6.45, 7) is 6.28. The van der Waals surface area contributed by atoms with Gasteiger partial charge in [0.2, 0.25) is 0 Å². The van der Waals surface area contributed by atoms with Crippen molar-refractivity contribution in [1.82, 2.24) is 0 Å².